The van der Waals surface area contributed by atoms with Crippen molar-refractivity contribution in [3.8, 4) is 0 Å². The van der Waals surface area contributed by atoms with Crippen LogP contribution in [0.1, 0.15) is 71.2 Å². The lowest BCUT2D eigenvalue weighted by Gasteiger charge is -2.44. The van der Waals surface area contributed by atoms with Gasteiger partial charge in [-0.3, -0.25) is 4.90 Å². The predicted octanol–water partition coefficient (Wildman–Crippen LogP) is 4.01. The summed E-state index contributed by atoms with van der Waals surface area (Å²) in [6, 6.07) is 2.03. The molecule has 9 nitrogen and oxygen atoms in total. The summed E-state index contributed by atoms with van der Waals surface area (Å²) >= 11 is 0. The molecule has 0 saturated carbocycles. The molecule has 0 aromatic carbocycles. The lowest BCUT2D eigenvalue weighted by molar-refractivity contribution is 0.0272. The van der Waals surface area contributed by atoms with Gasteiger partial charge in [-0.05, 0) is 79.4 Å². The smallest absolute Gasteiger partial charge is 0.416 e. The molecule has 1 aromatic rings. The van der Waals surface area contributed by atoms with Gasteiger partial charge < -0.3 is 19.8 Å². The molecule has 1 spiro atoms. The van der Waals surface area contributed by atoms with Gasteiger partial charge in [-0.2, -0.15) is 5.10 Å². The lowest BCUT2D eigenvalue weighted by Crippen LogP contribution is -2.58. The van der Waals surface area contributed by atoms with E-state index in [1.807, 2.05) is 54.5 Å². The van der Waals surface area contributed by atoms with E-state index in [1.165, 1.54) is 0 Å². The van der Waals surface area contributed by atoms with E-state index in [2.05, 4.69) is 10.5 Å². The van der Waals surface area contributed by atoms with Crippen molar-refractivity contribution in [3.05, 3.63) is 22.9 Å². The normalized spacial score (nSPS) is 20.8. The van der Waals surface area contributed by atoms with E-state index in [-0.39, 0.29) is 6.09 Å². The fourth-order valence-corrected chi connectivity index (χ4v) is 4.31. The highest BCUT2D eigenvalue weighted by Gasteiger charge is 2.52. The summed E-state index contributed by atoms with van der Waals surface area (Å²) in [7, 11) is 1.74. The van der Waals surface area contributed by atoms with Gasteiger partial charge in [0, 0.05) is 31.4 Å². The quantitative estimate of drug-likeness (QED) is 0.530. The minimum atomic E-state index is -0.659. The Hall–Kier alpha value is -2.84. The molecule has 1 fully saturated rings. The highest BCUT2D eigenvalue weighted by Crippen LogP contribution is 2.43. The number of carbonyl (C=O) groups excluding carboxylic acids is 2. The number of rotatable bonds is 2. The van der Waals surface area contributed by atoms with Crippen molar-refractivity contribution in [2.75, 3.05) is 25.0 Å². The standard InChI is InChI=1S/C24H37N5O4/c1-16-18(14-26-25-8)13-17-9-10-24(11-12-28(15-24)20(30)32-22(2,3)4)29(19(17)27-16)21(31)33-23(5,6)7/h13-14,25H,9-12,15H2,1-8H3. The highest BCUT2D eigenvalue weighted by atomic mass is 16.6. The minimum Gasteiger partial charge on any atom is -0.444 e. The molecule has 33 heavy (non-hydrogen) atoms. The number of pyridine rings is 1. The van der Waals surface area contributed by atoms with E-state index in [0.717, 1.165) is 23.2 Å². The average Bonchev–Trinajstić information content (AvgIpc) is 3.08. The molecule has 0 aliphatic carbocycles. The van der Waals surface area contributed by atoms with Crippen LogP contribution in [0.15, 0.2) is 11.2 Å². The van der Waals surface area contributed by atoms with E-state index >= 15 is 0 Å². The summed E-state index contributed by atoms with van der Waals surface area (Å²) in [5, 5.41) is 4.11. The van der Waals surface area contributed by atoms with Crippen molar-refractivity contribution in [1.29, 1.82) is 0 Å². The second-order valence-electron chi connectivity index (χ2n) is 10.8. The fraction of sp³-hybridized carbons (Fsp3) is 0.667. The molecule has 3 rings (SSSR count). The van der Waals surface area contributed by atoms with Crippen molar-refractivity contribution in [2.24, 2.45) is 5.10 Å². The highest BCUT2D eigenvalue weighted by molar-refractivity contribution is 5.92. The van der Waals surface area contributed by atoms with E-state index < -0.39 is 22.8 Å². The number of aromatic nitrogens is 1. The van der Waals surface area contributed by atoms with Crippen molar-refractivity contribution < 1.29 is 19.1 Å². The number of carbonyl (C=O) groups is 2. The molecule has 1 unspecified atom stereocenters. The van der Waals surface area contributed by atoms with Crippen molar-refractivity contribution >= 4 is 24.2 Å². The summed E-state index contributed by atoms with van der Waals surface area (Å²) in [6.45, 7) is 13.9. The van der Waals surface area contributed by atoms with Crippen LogP contribution in [0.3, 0.4) is 0 Å². The number of hydrogen-bond acceptors (Lipinski definition) is 7. The first-order valence-corrected chi connectivity index (χ1v) is 11.5. The van der Waals surface area contributed by atoms with Crippen molar-refractivity contribution in [3.63, 3.8) is 0 Å². The van der Waals surface area contributed by atoms with Gasteiger partial charge in [-0.15, -0.1) is 0 Å². The van der Waals surface area contributed by atoms with Crippen LogP contribution in [-0.2, 0) is 15.9 Å². The molecule has 182 valence electrons. The number of likely N-dealkylation sites (tertiary alicyclic amines) is 1. The Morgan fingerprint density at radius 3 is 2.36 bits per heavy atom. The summed E-state index contributed by atoms with van der Waals surface area (Å²) in [4.78, 5) is 34.5. The summed E-state index contributed by atoms with van der Waals surface area (Å²) < 4.78 is 11.4. The second-order valence-corrected chi connectivity index (χ2v) is 10.8. The van der Waals surface area contributed by atoms with E-state index in [1.54, 1.807) is 23.1 Å². The maximum absolute atomic E-state index is 13.5. The Morgan fingerprint density at radius 2 is 1.76 bits per heavy atom. The van der Waals surface area contributed by atoms with Gasteiger partial charge in [0.05, 0.1) is 11.8 Å². The summed E-state index contributed by atoms with van der Waals surface area (Å²) in [5.74, 6) is 0.598. The molecule has 2 amide bonds. The van der Waals surface area contributed by atoms with Crippen LogP contribution in [0.5, 0.6) is 0 Å². The third-order valence-electron chi connectivity index (χ3n) is 5.75. The van der Waals surface area contributed by atoms with Crippen LogP contribution in [0.4, 0.5) is 15.4 Å². The predicted molar refractivity (Wildman–Crippen MR) is 128 cm³/mol. The first-order valence-electron chi connectivity index (χ1n) is 11.5. The molecule has 1 saturated heterocycles. The number of anilines is 1. The van der Waals surface area contributed by atoms with Crippen LogP contribution in [0.25, 0.3) is 0 Å². The molecule has 0 radical (unpaired) electrons. The van der Waals surface area contributed by atoms with E-state index in [4.69, 9.17) is 14.5 Å². The Labute approximate surface area is 196 Å². The monoisotopic (exact) mass is 459 g/mol. The van der Waals surface area contributed by atoms with Crippen LogP contribution in [0.2, 0.25) is 0 Å². The third kappa shape index (κ3) is 5.57. The van der Waals surface area contributed by atoms with E-state index in [0.29, 0.717) is 31.7 Å². The molecule has 1 aromatic heterocycles. The number of nitrogens with one attached hydrogen (secondary N) is 1. The first kappa shape index (κ1) is 24.8. The van der Waals surface area contributed by atoms with E-state index in [9.17, 15) is 9.59 Å². The fourth-order valence-electron chi connectivity index (χ4n) is 4.31. The number of fused-ring (bicyclic) bond motifs is 1. The van der Waals surface area contributed by atoms with Crippen LogP contribution < -0.4 is 10.3 Å². The van der Waals surface area contributed by atoms with Gasteiger partial charge in [-0.25, -0.2) is 14.6 Å². The molecule has 0 bridgehead atoms. The van der Waals surface area contributed by atoms with Gasteiger partial charge in [0.1, 0.15) is 17.0 Å². The maximum Gasteiger partial charge on any atom is 0.416 e. The zero-order chi connectivity index (χ0) is 24.6. The average molecular weight is 460 g/mol. The molecule has 1 N–H and O–H groups in total. The second kappa shape index (κ2) is 8.83. The van der Waals surface area contributed by atoms with Crippen LogP contribution >= 0.6 is 0 Å². The maximum atomic E-state index is 13.5. The molecule has 1 atom stereocenters. The van der Waals surface area contributed by atoms with Crippen LogP contribution in [-0.4, -0.2) is 65.2 Å². The third-order valence-corrected chi connectivity index (χ3v) is 5.75. The molecule has 2 aliphatic heterocycles. The number of amides is 2. The lowest BCUT2D eigenvalue weighted by atomic mass is 9.84. The molecule has 9 heteroatoms. The largest absolute Gasteiger partial charge is 0.444 e. The van der Waals surface area contributed by atoms with Gasteiger partial charge in [0.2, 0.25) is 0 Å². The minimum absolute atomic E-state index is 0.364. The number of hydrogen-bond donors (Lipinski definition) is 1. The molecule has 2 aliphatic rings. The first-order chi connectivity index (χ1) is 15.2. The van der Waals surface area contributed by atoms with Gasteiger partial charge in [0.25, 0.3) is 0 Å². The van der Waals surface area contributed by atoms with Crippen molar-refractivity contribution in [1.82, 2.24) is 15.3 Å². The topological polar surface area (TPSA) is 96.4 Å². The summed E-state index contributed by atoms with van der Waals surface area (Å²) in [6.07, 6.45) is 2.99. The van der Waals surface area contributed by atoms with Gasteiger partial charge in [0.15, 0.2) is 0 Å². The van der Waals surface area contributed by atoms with Crippen molar-refractivity contribution in [2.45, 2.75) is 84.5 Å². The number of hydrazone groups is 1. The number of nitrogens with zero attached hydrogens (tertiary/aromatic N) is 4. The zero-order valence-corrected chi connectivity index (χ0v) is 21.1. The van der Waals surface area contributed by atoms with Gasteiger partial charge >= 0.3 is 12.2 Å². The molecule has 3 heterocycles. The number of ether oxygens (including phenoxy) is 2. The Morgan fingerprint density at radius 1 is 1.12 bits per heavy atom. The Kier molecular flexibility index (Phi) is 6.64. The molecular formula is C24H37N5O4. The van der Waals surface area contributed by atoms with Crippen LogP contribution in [0, 0.1) is 6.92 Å². The van der Waals surface area contributed by atoms with Gasteiger partial charge in [-0.1, -0.05) is 0 Å². The molecular weight excluding hydrogens is 422 g/mol. The SMILES string of the molecule is CNN=Cc1cc2c(nc1C)N(C(=O)OC(C)(C)C)C1(CC2)CCN(C(=O)OC(C)(C)C)C1. The Balaban J connectivity index is 2.00. The summed E-state index contributed by atoms with van der Waals surface area (Å²) in [5.41, 5.74) is 3.54. The Bertz CT molecular complexity index is 947. The number of aryl methyl sites for hydroxylation is 2. The zero-order valence-electron chi connectivity index (χ0n) is 21.1.